The number of rotatable bonds is 1. The van der Waals surface area contributed by atoms with Crippen molar-refractivity contribution >= 4 is 17.9 Å². The molecule has 0 aliphatic carbocycles. The van der Waals surface area contributed by atoms with Gasteiger partial charge in [-0.3, -0.25) is 14.5 Å². The monoisotopic (exact) mass is 215 g/mol. The summed E-state index contributed by atoms with van der Waals surface area (Å²) in [4.78, 5) is 24.2. The third-order valence-electron chi connectivity index (χ3n) is 2.65. The van der Waals surface area contributed by atoms with Crippen molar-refractivity contribution < 1.29 is 9.59 Å². The number of hydrogen-bond acceptors (Lipinski definition) is 2. The predicted octanol–water partition coefficient (Wildman–Crippen LogP) is 1.85. The molecule has 82 valence electrons. The Kier molecular flexibility index (Phi) is 2.86. The highest BCUT2D eigenvalue weighted by Crippen LogP contribution is 2.20. The number of hydrogen-bond donors (Lipinski definition) is 0. The summed E-state index contributed by atoms with van der Waals surface area (Å²) in [6, 6.07) is 9.66. The van der Waals surface area contributed by atoms with Crippen molar-refractivity contribution in [1.29, 1.82) is 0 Å². The Balaban J connectivity index is 2.22. The molecule has 1 heterocycles. The summed E-state index contributed by atoms with van der Waals surface area (Å²) in [5.41, 5.74) is 1.71. The van der Waals surface area contributed by atoms with Crippen LogP contribution < -0.4 is 0 Å². The molecule has 1 aliphatic rings. The standard InChI is InChI=1S/C13H13NO2/c1-10(15)14-8-7-12(13(14)16)9-11-5-3-2-4-6-11/h2-6,9H,7-8H2,1H3/b12-9-. The second-order valence-electron chi connectivity index (χ2n) is 3.81. The van der Waals surface area contributed by atoms with Crippen LogP contribution in [-0.2, 0) is 9.59 Å². The Labute approximate surface area is 94.4 Å². The van der Waals surface area contributed by atoms with E-state index in [9.17, 15) is 9.59 Å². The molecule has 1 aromatic carbocycles. The van der Waals surface area contributed by atoms with E-state index in [4.69, 9.17) is 0 Å². The Hall–Kier alpha value is -1.90. The van der Waals surface area contributed by atoms with E-state index in [1.54, 1.807) is 0 Å². The van der Waals surface area contributed by atoms with Gasteiger partial charge in [-0.25, -0.2) is 0 Å². The van der Waals surface area contributed by atoms with Crippen LogP contribution in [-0.4, -0.2) is 23.3 Å². The molecule has 1 aliphatic heterocycles. The van der Waals surface area contributed by atoms with Crippen LogP contribution in [0.25, 0.3) is 6.08 Å². The zero-order chi connectivity index (χ0) is 11.5. The molecule has 1 saturated heterocycles. The van der Waals surface area contributed by atoms with E-state index in [1.807, 2.05) is 36.4 Å². The van der Waals surface area contributed by atoms with E-state index in [0.717, 1.165) is 5.56 Å². The fraction of sp³-hybridized carbons (Fsp3) is 0.231. The number of carbonyl (C=O) groups excluding carboxylic acids is 2. The zero-order valence-electron chi connectivity index (χ0n) is 9.14. The second kappa shape index (κ2) is 4.31. The lowest BCUT2D eigenvalue weighted by Crippen LogP contribution is -2.29. The summed E-state index contributed by atoms with van der Waals surface area (Å²) in [6.45, 7) is 1.93. The van der Waals surface area contributed by atoms with Crippen LogP contribution in [0, 0.1) is 0 Å². The van der Waals surface area contributed by atoms with Crippen molar-refractivity contribution in [2.24, 2.45) is 0 Å². The molecule has 0 unspecified atom stereocenters. The number of benzene rings is 1. The molecular weight excluding hydrogens is 202 g/mol. The molecule has 2 rings (SSSR count). The van der Waals surface area contributed by atoms with Crippen LogP contribution in [0.5, 0.6) is 0 Å². The summed E-state index contributed by atoms with van der Waals surface area (Å²) < 4.78 is 0. The van der Waals surface area contributed by atoms with Crippen LogP contribution in [0.15, 0.2) is 35.9 Å². The average molecular weight is 215 g/mol. The Morgan fingerprint density at radius 3 is 2.56 bits per heavy atom. The molecule has 3 nitrogen and oxygen atoms in total. The molecule has 1 fully saturated rings. The largest absolute Gasteiger partial charge is 0.279 e. The molecule has 1 aromatic rings. The Bertz CT molecular complexity index is 448. The molecule has 0 N–H and O–H groups in total. The minimum Gasteiger partial charge on any atom is -0.279 e. The lowest BCUT2D eigenvalue weighted by atomic mass is 10.1. The maximum Gasteiger partial charge on any atom is 0.256 e. The molecule has 0 spiro atoms. The molecule has 0 bridgehead atoms. The lowest BCUT2D eigenvalue weighted by molar-refractivity contribution is -0.138. The van der Waals surface area contributed by atoms with Crippen molar-refractivity contribution in [1.82, 2.24) is 4.90 Å². The normalized spacial score (nSPS) is 18.2. The maximum absolute atomic E-state index is 11.8. The van der Waals surface area contributed by atoms with Gasteiger partial charge in [0.1, 0.15) is 0 Å². The van der Waals surface area contributed by atoms with Crippen LogP contribution in [0.3, 0.4) is 0 Å². The van der Waals surface area contributed by atoms with E-state index in [0.29, 0.717) is 18.5 Å². The Morgan fingerprint density at radius 1 is 1.31 bits per heavy atom. The van der Waals surface area contributed by atoms with Crippen molar-refractivity contribution in [3.8, 4) is 0 Å². The summed E-state index contributed by atoms with van der Waals surface area (Å²) in [7, 11) is 0. The fourth-order valence-electron chi connectivity index (χ4n) is 1.80. The average Bonchev–Trinajstić information content (AvgIpc) is 2.62. The fourth-order valence-corrected chi connectivity index (χ4v) is 1.80. The van der Waals surface area contributed by atoms with E-state index in [2.05, 4.69) is 0 Å². The van der Waals surface area contributed by atoms with Gasteiger partial charge in [0.05, 0.1) is 0 Å². The second-order valence-corrected chi connectivity index (χ2v) is 3.81. The highest BCUT2D eigenvalue weighted by Gasteiger charge is 2.28. The summed E-state index contributed by atoms with van der Waals surface area (Å²) in [5.74, 6) is -0.335. The molecular formula is C13H13NO2. The quantitative estimate of drug-likeness (QED) is 0.670. The van der Waals surface area contributed by atoms with Crippen molar-refractivity contribution in [2.45, 2.75) is 13.3 Å². The third kappa shape index (κ3) is 2.03. The van der Waals surface area contributed by atoms with Gasteiger partial charge in [-0.05, 0) is 18.1 Å². The first kappa shape index (κ1) is 10.6. The van der Waals surface area contributed by atoms with Gasteiger partial charge in [-0.15, -0.1) is 0 Å². The lowest BCUT2D eigenvalue weighted by Gasteiger charge is -2.08. The number of carbonyl (C=O) groups is 2. The van der Waals surface area contributed by atoms with E-state index in [1.165, 1.54) is 11.8 Å². The van der Waals surface area contributed by atoms with Gasteiger partial charge in [0, 0.05) is 19.0 Å². The number of nitrogens with zero attached hydrogens (tertiary/aromatic N) is 1. The number of amides is 2. The van der Waals surface area contributed by atoms with Crippen molar-refractivity contribution in [3.05, 3.63) is 41.5 Å². The molecule has 16 heavy (non-hydrogen) atoms. The predicted molar refractivity (Wildman–Crippen MR) is 61.4 cm³/mol. The SMILES string of the molecule is CC(=O)N1CC/C(=C/c2ccccc2)C1=O. The van der Waals surface area contributed by atoms with Crippen molar-refractivity contribution in [3.63, 3.8) is 0 Å². The van der Waals surface area contributed by atoms with E-state index < -0.39 is 0 Å². The summed E-state index contributed by atoms with van der Waals surface area (Å²) >= 11 is 0. The Morgan fingerprint density at radius 2 is 2.00 bits per heavy atom. The molecule has 2 amide bonds. The van der Waals surface area contributed by atoms with Gasteiger partial charge in [0.15, 0.2) is 0 Å². The van der Waals surface area contributed by atoms with Gasteiger partial charge in [0.2, 0.25) is 5.91 Å². The van der Waals surface area contributed by atoms with Gasteiger partial charge in [-0.1, -0.05) is 30.3 Å². The molecule has 3 heteroatoms. The topological polar surface area (TPSA) is 37.4 Å². The first-order chi connectivity index (χ1) is 7.68. The highest BCUT2D eigenvalue weighted by molar-refractivity contribution is 6.08. The number of imide groups is 1. The summed E-state index contributed by atoms with van der Waals surface area (Å²) in [6.07, 6.45) is 2.50. The minimum absolute atomic E-state index is 0.156. The minimum atomic E-state index is -0.179. The summed E-state index contributed by atoms with van der Waals surface area (Å²) in [5, 5.41) is 0. The van der Waals surface area contributed by atoms with Gasteiger partial charge < -0.3 is 0 Å². The smallest absolute Gasteiger partial charge is 0.256 e. The van der Waals surface area contributed by atoms with Crippen molar-refractivity contribution in [2.75, 3.05) is 6.54 Å². The maximum atomic E-state index is 11.8. The van der Waals surface area contributed by atoms with E-state index in [-0.39, 0.29) is 11.8 Å². The van der Waals surface area contributed by atoms with Crippen LogP contribution in [0.2, 0.25) is 0 Å². The van der Waals surface area contributed by atoms with Gasteiger partial charge >= 0.3 is 0 Å². The number of likely N-dealkylation sites (tertiary alicyclic amines) is 1. The van der Waals surface area contributed by atoms with Crippen LogP contribution in [0.4, 0.5) is 0 Å². The molecule has 0 saturated carbocycles. The van der Waals surface area contributed by atoms with Gasteiger partial charge in [-0.2, -0.15) is 0 Å². The van der Waals surface area contributed by atoms with Gasteiger partial charge in [0.25, 0.3) is 5.91 Å². The zero-order valence-corrected chi connectivity index (χ0v) is 9.14. The van der Waals surface area contributed by atoms with Crippen LogP contribution in [0.1, 0.15) is 18.9 Å². The van der Waals surface area contributed by atoms with Crippen LogP contribution >= 0.6 is 0 Å². The molecule has 0 radical (unpaired) electrons. The molecule has 0 aromatic heterocycles. The first-order valence-corrected chi connectivity index (χ1v) is 5.26. The highest BCUT2D eigenvalue weighted by atomic mass is 16.2. The first-order valence-electron chi connectivity index (χ1n) is 5.26. The van der Waals surface area contributed by atoms with E-state index >= 15 is 0 Å². The molecule has 0 atom stereocenters. The third-order valence-corrected chi connectivity index (χ3v) is 2.65.